The molecule has 0 aromatic heterocycles. The Morgan fingerprint density at radius 2 is 1.32 bits per heavy atom. The molecule has 0 aromatic rings. The van der Waals surface area contributed by atoms with Gasteiger partial charge in [-0.2, -0.15) is 21.6 Å². The second-order valence-corrected chi connectivity index (χ2v) is 10.2. The summed E-state index contributed by atoms with van der Waals surface area (Å²) in [5.74, 6) is -2.90. The number of halogens is 6. The fraction of sp³-hybridized carbons (Fsp3) is 1.00. The highest BCUT2D eigenvalue weighted by molar-refractivity contribution is 7.86. The monoisotopic (exact) mass is 438 g/mol. The van der Waals surface area contributed by atoms with Crippen molar-refractivity contribution in [1.29, 1.82) is 0 Å². The van der Waals surface area contributed by atoms with Crippen molar-refractivity contribution in [2.24, 2.45) is 35.0 Å². The van der Waals surface area contributed by atoms with Crippen molar-refractivity contribution in [3.05, 3.63) is 0 Å². The summed E-state index contributed by atoms with van der Waals surface area (Å²) in [6.07, 6.45) is -2.65. The predicted octanol–water partition coefficient (Wildman–Crippen LogP) is 4.12. The first kappa shape index (κ1) is 22.1. The molecule has 4 rings (SSSR count). The van der Waals surface area contributed by atoms with Gasteiger partial charge in [0.25, 0.3) is 10.1 Å². The van der Waals surface area contributed by atoms with Crippen LogP contribution in [-0.2, 0) is 14.9 Å². The van der Waals surface area contributed by atoms with Gasteiger partial charge >= 0.3 is 6.18 Å². The lowest BCUT2D eigenvalue weighted by atomic mass is 9.55. The van der Waals surface area contributed by atoms with Crippen LogP contribution in [0.2, 0.25) is 0 Å². The molecule has 2 atom stereocenters. The van der Waals surface area contributed by atoms with Gasteiger partial charge in [-0.05, 0) is 55.8 Å². The van der Waals surface area contributed by atoms with Crippen LogP contribution in [0.25, 0.3) is 0 Å². The van der Waals surface area contributed by atoms with Gasteiger partial charge in [0.1, 0.15) is 25.9 Å². The van der Waals surface area contributed by atoms with Gasteiger partial charge in [-0.3, -0.25) is 17.7 Å². The van der Waals surface area contributed by atoms with Crippen molar-refractivity contribution in [1.82, 2.24) is 0 Å². The number of ether oxygens (including phenoxy) is 1. The Hall–Kier alpha value is -0.550. The summed E-state index contributed by atoms with van der Waals surface area (Å²) in [4.78, 5) is 0. The summed E-state index contributed by atoms with van der Waals surface area (Å²) in [6.45, 7) is -6.25. The normalized spacial score (nSPS) is 35.2. The molecule has 4 aliphatic rings. The van der Waals surface area contributed by atoms with Gasteiger partial charge in [0, 0.05) is 0 Å². The molecular formula is C17H24F6O4S. The molecular weight excluding hydrogens is 414 g/mol. The predicted molar refractivity (Wildman–Crippen MR) is 87.2 cm³/mol. The Morgan fingerprint density at radius 1 is 0.893 bits per heavy atom. The zero-order valence-electron chi connectivity index (χ0n) is 15.0. The number of hydrogen-bond acceptors (Lipinski definition) is 3. The molecule has 0 saturated heterocycles. The Labute approximate surface area is 159 Å². The quantitative estimate of drug-likeness (QED) is 0.458. The molecule has 0 spiro atoms. The van der Waals surface area contributed by atoms with E-state index in [1.807, 2.05) is 0 Å². The zero-order chi connectivity index (χ0) is 20.9. The summed E-state index contributed by atoms with van der Waals surface area (Å²) in [5, 5.41) is 0. The second kappa shape index (κ2) is 7.61. The standard InChI is InChI=1S/C17H24F6O4S/c18-6-16(7-19,8-20)14(17(21,22)23)15(28(24,25)26)27-13-11-2-9-1-10(4-11)5-12(13)3-9/h9-15H,1-8H2,(H,24,25,26). The zero-order valence-corrected chi connectivity index (χ0v) is 15.9. The van der Waals surface area contributed by atoms with Crippen molar-refractivity contribution in [2.45, 2.75) is 49.8 Å². The summed E-state index contributed by atoms with van der Waals surface area (Å²) in [6, 6.07) is 0. The maximum atomic E-state index is 13.7. The first-order valence-electron chi connectivity index (χ1n) is 9.31. The summed E-state index contributed by atoms with van der Waals surface area (Å²) < 4.78 is 120. The van der Waals surface area contributed by atoms with Crippen LogP contribution in [0.15, 0.2) is 0 Å². The lowest BCUT2D eigenvalue weighted by molar-refractivity contribution is -0.253. The van der Waals surface area contributed by atoms with E-state index in [9.17, 15) is 39.3 Å². The minimum atomic E-state index is -5.54. The van der Waals surface area contributed by atoms with E-state index in [0.29, 0.717) is 37.5 Å². The molecule has 0 radical (unpaired) electrons. The fourth-order valence-electron chi connectivity index (χ4n) is 5.72. The fourth-order valence-corrected chi connectivity index (χ4v) is 6.78. The van der Waals surface area contributed by atoms with E-state index >= 15 is 0 Å². The van der Waals surface area contributed by atoms with Gasteiger partial charge in [0.2, 0.25) is 0 Å². The summed E-state index contributed by atoms with van der Waals surface area (Å²) in [7, 11) is -5.54. The SMILES string of the molecule is O=S(=O)(O)C(OC1C2CC3CC(C2)CC1C3)C(C(F)(F)F)C(CF)(CF)CF. The minimum Gasteiger partial charge on any atom is -0.355 e. The summed E-state index contributed by atoms with van der Waals surface area (Å²) in [5.41, 5.74) is -6.26. The van der Waals surface area contributed by atoms with Crippen molar-refractivity contribution in [3.8, 4) is 0 Å². The maximum absolute atomic E-state index is 13.7. The van der Waals surface area contributed by atoms with Crippen LogP contribution in [0.5, 0.6) is 0 Å². The van der Waals surface area contributed by atoms with Gasteiger partial charge in [-0.25, -0.2) is 0 Å². The van der Waals surface area contributed by atoms with Crippen LogP contribution in [0.4, 0.5) is 26.3 Å². The lowest BCUT2D eigenvalue weighted by Crippen LogP contribution is -2.58. The smallest absolute Gasteiger partial charge is 0.355 e. The van der Waals surface area contributed by atoms with E-state index in [1.165, 1.54) is 0 Å². The van der Waals surface area contributed by atoms with Crippen LogP contribution < -0.4 is 0 Å². The van der Waals surface area contributed by atoms with Gasteiger partial charge in [-0.1, -0.05) is 0 Å². The van der Waals surface area contributed by atoms with Gasteiger partial charge < -0.3 is 4.74 Å². The van der Waals surface area contributed by atoms with Crippen LogP contribution in [-0.4, -0.2) is 50.7 Å². The second-order valence-electron chi connectivity index (χ2n) is 8.70. The Kier molecular flexibility index (Phi) is 6.02. The largest absolute Gasteiger partial charge is 0.396 e. The molecule has 164 valence electrons. The highest BCUT2D eigenvalue weighted by atomic mass is 32.2. The molecule has 4 bridgehead atoms. The molecule has 1 N–H and O–H groups in total. The third-order valence-electron chi connectivity index (χ3n) is 6.81. The average molecular weight is 438 g/mol. The van der Waals surface area contributed by atoms with Crippen LogP contribution in [0.1, 0.15) is 32.1 Å². The third-order valence-corrected chi connectivity index (χ3v) is 7.78. The van der Waals surface area contributed by atoms with Gasteiger partial charge in [0.05, 0.1) is 11.5 Å². The van der Waals surface area contributed by atoms with E-state index in [4.69, 9.17) is 4.74 Å². The Morgan fingerprint density at radius 3 is 1.64 bits per heavy atom. The first-order chi connectivity index (χ1) is 12.9. The van der Waals surface area contributed by atoms with Gasteiger partial charge in [-0.15, -0.1) is 0 Å². The highest BCUT2D eigenvalue weighted by Crippen LogP contribution is 2.56. The van der Waals surface area contributed by atoms with Crippen molar-refractivity contribution in [2.75, 3.05) is 20.0 Å². The molecule has 4 fully saturated rings. The Bertz CT molecular complexity index is 627. The molecule has 4 nitrogen and oxygen atoms in total. The third kappa shape index (κ3) is 3.90. The first-order valence-corrected chi connectivity index (χ1v) is 10.8. The van der Waals surface area contributed by atoms with E-state index in [2.05, 4.69) is 0 Å². The maximum Gasteiger partial charge on any atom is 0.396 e. The van der Waals surface area contributed by atoms with Gasteiger partial charge in [0.15, 0.2) is 5.44 Å². The van der Waals surface area contributed by atoms with E-state index in [1.54, 1.807) is 0 Å². The highest BCUT2D eigenvalue weighted by Gasteiger charge is 2.63. The van der Waals surface area contributed by atoms with E-state index in [0.717, 1.165) is 6.42 Å². The topological polar surface area (TPSA) is 63.6 Å². The van der Waals surface area contributed by atoms with Crippen LogP contribution in [0.3, 0.4) is 0 Å². The van der Waals surface area contributed by atoms with E-state index < -0.39 is 59.2 Å². The molecule has 2 unspecified atom stereocenters. The molecule has 4 aliphatic carbocycles. The van der Waals surface area contributed by atoms with Crippen molar-refractivity contribution < 1.29 is 44.0 Å². The van der Waals surface area contributed by atoms with Crippen molar-refractivity contribution >= 4 is 10.1 Å². The molecule has 0 amide bonds. The molecule has 11 heteroatoms. The summed E-state index contributed by atoms with van der Waals surface area (Å²) >= 11 is 0. The van der Waals surface area contributed by atoms with E-state index in [-0.39, 0.29) is 11.8 Å². The molecule has 0 aliphatic heterocycles. The Balaban J connectivity index is 1.96. The van der Waals surface area contributed by atoms with Crippen LogP contribution in [0, 0.1) is 35.0 Å². The number of hydrogen-bond donors (Lipinski definition) is 1. The van der Waals surface area contributed by atoms with Crippen LogP contribution >= 0.6 is 0 Å². The molecule has 0 aromatic carbocycles. The lowest BCUT2D eigenvalue weighted by Gasteiger charge is -2.55. The molecule has 0 heterocycles. The molecule has 4 saturated carbocycles. The number of rotatable bonds is 8. The minimum absolute atomic E-state index is 0.176. The molecule has 28 heavy (non-hydrogen) atoms. The number of alkyl halides is 6. The van der Waals surface area contributed by atoms with Crippen molar-refractivity contribution in [3.63, 3.8) is 0 Å². The average Bonchev–Trinajstić information content (AvgIpc) is 2.58.